The van der Waals surface area contributed by atoms with Crippen molar-refractivity contribution in [2.24, 2.45) is 23.5 Å². The van der Waals surface area contributed by atoms with E-state index in [1.54, 1.807) is 6.20 Å². The monoisotopic (exact) mass is 232 g/mol. The molecule has 3 unspecified atom stereocenters. The van der Waals surface area contributed by atoms with Gasteiger partial charge in [-0.2, -0.15) is 0 Å². The van der Waals surface area contributed by atoms with E-state index in [-0.39, 0.29) is 6.04 Å². The zero-order valence-electron chi connectivity index (χ0n) is 10.3. The van der Waals surface area contributed by atoms with E-state index in [1.807, 2.05) is 13.1 Å². The zero-order chi connectivity index (χ0) is 11.8. The number of ether oxygens (including phenoxy) is 1. The van der Waals surface area contributed by atoms with E-state index in [0.29, 0.717) is 12.5 Å². The first kappa shape index (κ1) is 11.0. The Labute approximate surface area is 102 Å². The molecule has 2 N–H and O–H groups in total. The molecule has 2 aliphatic rings. The van der Waals surface area contributed by atoms with Gasteiger partial charge >= 0.3 is 0 Å². The summed E-state index contributed by atoms with van der Waals surface area (Å²) in [6, 6.07) is 2.20. The maximum Gasteiger partial charge on any atom is 0.137 e. The summed E-state index contributed by atoms with van der Waals surface area (Å²) >= 11 is 0. The van der Waals surface area contributed by atoms with E-state index < -0.39 is 0 Å². The highest BCUT2D eigenvalue weighted by atomic mass is 16.5. The minimum absolute atomic E-state index is 0.151. The molecule has 3 nitrogen and oxygen atoms in total. The normalized spacial score (nSPS) is 32.0. The number of nitrogens with zero attached hydrogens (tertiary/aromatic N) is 1. The fraction of sp³-hybridized carbons (Fsp3) is 0.643. The molecule has 0 aliphatic heterocycles. The van der Waals surface area contributed by atoms with Crippen LogP contribution in [-0.2, 0) is 0 Å². The van der Waals surface area contributed by atoms with Crippen molar-refractivity contribution in [1.82, 2.24) is 4.98 Å². The maximum absolute atomic E-state index is 6.36. The van der Waals surface area contributed by atoms with Gasteiger partial charge < -0.3 is 10.5 Å². The Morgan fingerprint density at radius 2 is 2.18 bits per heavy atom. The summed E-state index contributed by atoms with van der Waals surface area (Å²) in [6.45, 7) is 2.66. The van der Waals surface area contributed by atoms with Crippen LogP contribution in [0.2, 0.25) is 0 Å². The van der Waals surface area contributed by atoms with Crippen molar-refractivity contribution in [3.63, 3.8) is 0 Å². The Hall–Kier alpha value is -1.09. The van der Waals surface area contributed by atoms with E-state index in [1.165, 1.54) is 19.3 Å². The van der Waals surface area contributed by atoms with Gasteiger partial charge in [0.05, 0.1) is 12.8 Å². The molecule has 3 heteroatoms. The van der Waals surface area contributed by atoms with E-state index in [0.717, 1.165) is 23.1 Å². The predicted octanol–water partition coefficient (Wildman–Crippen LogP) is 2.53. The van der Waals surface area contributed by atoms with Gasteiger partial charge in [0.2, 0.25) is 0 Å². The summed E-state index contributed by atoms with van der Waals surface area (Å²) in [5.74, 6) is 3.31. The van der Waals surface area contributed by atoms with Crippen LogP contribution >= 0.6 is 0 Å². The second-order valence-corrected chi connectivity index (χ2v) is 5.25. The van der Waals surface area contributed by atoms with E-state index in [9.17, 15) is 0 Å². The third-order valence-corrected chi connectivity index (χ3v) is 4.32. The highest BCUT2D eigenvalue weighted by Crippen LogP contribution is 2.61. The lowest BCUT2D eigenvalue weighted by atomic mass is 9.99. The molecule has 2 fully saturated rings. The SMILES string of the molecule is CCOc1cncc(C(N)C2C3CCCC32)c1. The van der Waals surface area contributed by atoms with Crippen LogP contribution in [0.3, 0.4) is 0 Å². The Balaban J connectivity index is 1.73. The van der Waals surface area contributed by atoms with Crippen LogP contribution < -0.4 is 10.5 Å². The van der Waals surface area contributed by atoms with Crippen LogP contribution in [0.4, 0.5) is 0 Å². The van der Waals surface area contributed by atoms with Crippen molar-refractivity contribution in [3.05, 3.63) is 24.0 Å². The Bertz CT molecular complexity index is 397. The fourth-order valence-corrected chi connectivity index (χ4v) is 3.50. The van der Waals surface area contributed by atoms with E-state index in [2.05, 4.69) is 11.1 Å². The van der Waals surface area contributed by atoms with Crippen molar-refractivity contribution in [2.75, 3.05) is 6.61 Å². The van der Waals surface area contributed by atoms with Gasteiger partial charge in [-0.05, 0) is 49.1 Å². The standard InChI is InChI=1S/C14H20N2O/c1-2-17-10-6-9(7-16-8-10)14(15)13-11-4-3-5-12(11)13/h6-8,11-14H,2-5,15H2,1H3. The Kier molecular flexibility index (Phi) is 2.79. The lowest BCUT2D eigenvalue weighted by Gasteiger charge is -2.14. The van der Waals surface area contributed by atoms with Crippen LogP contribution in [0.25, 0.3) is 0 Å². The molecular formula is C14H20N2O. The predicted molar refractivity (Wildman–Crippen MR) is 66.7 cm³/mol. The largest absolute Gasteiger partial charge is 0.492 e. The lowest BCUT2D eigenvalue weighted by molar-refractivity contribution is 0.337. The van der Waals surface area contributed by atoms with Crippen molar-refractivity contribution in [2.45, 2.75) is 32.2 Å². The van der Waals surface area contributed by atoms with Gasteiger partial charge in [0.1, 0.15) is 5.75 Å². The molecule has 92 valence electrons. The number of hydrogen-bond donors (Lipinski definition) is 1. The first-order valence-corrected chi connectivity index (χ1v) is 6.64. The summed E-state index contributed by atoms with van der Waals surface area (Å²) in [4.78, 5) is 4.22. The molecule has 0 amide bonds. The number of pyridine rings is 1. The molecule has 3 rings (SSSR count). The third kappa shape index (κ3) is 1.93. The van der Waals surface area contributed by atoms with Crippen molar-refractivity contribution in [1.29, 1.82) is 0 Å². The van der Waals surface area contributed by atoms with Gasteiger partial charge in [-0.15, -0.1) is 0 Å². The van der Waals surface area contributed by atoms with Crippen LogP contribution in [0.5, 0.6) is 5.75 Å². The van der Waals surface area contributed by atoms with Gasteiger partial charge in [-0.1, -0.05) is 6.42 Å². The minimum Gasteiger partial charge on any atom is -0.492 e. The first-order valence-electron chi connectivity index (χ1n) is 6.64. The van der Waals surface area contributed by atoms with Crippen LogP contribution in [0.1, 0.15) is 37.8 Å². The van der Waals surface area contributed by atoms with Gasteiger partial charge in [-0.3, -0.25) is 4.98 Å². The van der Waals surface area contributed by atoms with E-state index >= 15 is 0 Å². The van der Waals surface area contributed by atoms with Gasteiger partial charge in [0.15, 0.2) is 0 Å². The fourth-order valence-electron chi connectivity index (χ4n) is 3.50. The molecular weight excluding hydrogens is 212 g/mol. The van der Waals surface area contributed by atoms with Gasteiger partial charge in [-0.25, -0.2) is 0 Å². The molecule has 1 aromatic heterocycles. The highest BCUT2D eigenvalue weighted by Gasteiger charge is 2.55. The molecule has 0 spiro atoms. The summed E-state index contributed by atoms with van der Waals surface area (Å²) < 4.78 is 5.47. The molecule has 1 heterocycles. The lowest BCUT2D eigenvalue weighted by Crippen LogP contribution is -2.15. The second kappa shape index (κ2) is 4.30. The van der Waals surface area contributed by atoms with Gasteiger partial charge in [0.25, 0.3) is 0 Å². The Morgan fingerprint density at radius 3 is 2.88 bits per heavy atom. The molecule has 0 bridgehead atoms. The zero-order valence-corrected chi connectivity index (χ0v) is 10.3. The van der Waals surface area contributed by atoms with Crippen LogP contribution in [-0.4, -0.2) is 11.6 Å². The van der Waals surface area contributed by atoms with Gasteiger partial charge in [0, 0.05) is 12.2 Å². The van der Waals surface area contributed by atoms with Crippen molar-refractivity contribution < 1.29 is 4.74 Å². The van der Waals surface area contributed by atoms with Crippen molar-refractivity contribution in [3.8, 4) is 5.75 Å². The second-order valence-electron chi connectivity index (χ2n) is 5.25. The molecule has 0 aromatic carbocycles. The van der Waals surface area contributed by atoms with Crippen molar-refractivity contribution >= 4 is 0 Å². The number of aromatic nitrogens is 1. The molecule has 2 aliphatic carbocycles. The first-order chi connectivity index (χ1) is 8.31. The summed E-state index contributed by atoms with van der Waals surface area (Å²) in [6.07, 6.45) is 7.80. The third-order valence-electron chi connectivity index (χ3n) is 4.32. The molecule has 3 atom stereocenters. The minimum atomic E-state index is 0.151. The average Bonchev–Trinajstić information content (AvgIpc) is 2.82. The Morgan fingerprint density at radius 1 is 1.41 bits per heavy atom. The molecule has 0 radical (unpaired) electrons. The average molecular weight is 232 g/mol. The van der Waals surface area contributed by atoms with Crippen LogP contribution in [0.15, 0.2) is 18.5 Å². The molecule has 1 aromatic rings. The maximum atomic E-state index is 6.36. The van der Waals surface area contributed by atoms with Crippen LogP contribution in [0, 0.1) is 17.8 Å². The number of rotatable bonds is 4. The summed E-state index contributed by atoms with van der Waals surface area (Å²) in [5.41, 5.74) is 7.49. The summed E-state index contributed by atoms with van der Waals surface area (Å²) in [5, 5.41) is 0. The molecule has 2 saturated carbocycles. The smallest absolute Gasteiger partial charge is 0.137 e. The quantitative estimate of drug-likeness (QED) is 0.867. The summed E-state index contributed by atoms with van der Waals surface area (Å²) in [7, 11) is 0. The topological polar surface area (TPSA) is 48.1 Å². The molecule has 17 heavy (non-hydrogen) atoms. The highest BCUT2D eigenvalue weighted by molar-refractivity contribution is 5.28. The number of nitrogens with two attached hydrogens (primary N) is 1. The molecule has 0 saturated heterocycles. The number of hydrogen-bond acceptors (Lipinski definition) is 3. The number of fused-ring (bicyclic) bond motifs is 1. The van der Waals surface area contributed by atoms with E-state index in [4.69, 9.17) is 10.5 Å².